The Morgan fingerprint density at radius 1 is 1.28 bits per heavy atom. The molecule has 1 aromatic carbocycles. The van der Waals surface area contributed by atoms with E-state index in [9.17, 15) is 10.2 Å². The van der Waals surface area contributed by atoms with Gasteiger partial charge in [0.15, 0.2) is 0 Å². The highest BCUT2D eigenvalue weighted by Gasteiger charge is 2.26. The van der Waals surface area contributed by atoms with Crippen molar-refractivity contribution >= 4 is 0 Å². The van der Waals surface area contributed by atoms with Crippen molar-refractivity contribution < 1.29 is 10.2 Å². The summed E-state index contributed by atoms with van der Waals surface area (Å²) in [6.45, 7) is 2.32. The lowest BCUT2D eigenvalue weighted by Gasteiger charge is -2.33. The van der Waals surface area contributed by atoms with E-state index in [1.54, 1.807) is 6.07 Å². The van der Waals surface area contributed by atoms with Crippen molar-refractivity contribution in [3.05, 3.63) is 29.8 Å². The van der Waals surface area contributed by atoms with E-state index in [2.05, 4.69) is 12.2 Å². The fraction of sp³-hybridized carbons (Fsp3) is 0.600. The summed E-state index contributed by atoms with van der Waals surface area (Å²) in [5, 5.41) is 22.8. The molecule has 1 aliphatic rings. The molecule has 0 spiro atoms. The van der Waals surface area contributed by atoms with Gasteiger partial charge in [-0.15, -0.1) is 0 Å². The Bertz CT molecular complexity index is 381. The number of nitrogens with one attached hydrogen (secondary N) is 1. The summed E-state index contributed by atoms with van der Waals surface area (Å²) in [6, 6.07) is 7.92. The molecule has 0 aliphatic heterocycles. The van der Waals surface area contributed by atoms with Gasteiger partial charge in [0.05, 0.1) is 0 Å². The summed E-state index contributed by atoms with van der Waals surface area (Å²) in [7, 11) is 0. The third-order valence-electron chi connectivity index (χ3n) is 4.01. The van der Waals surface area contributed by atoms with Gasteiger partial charge in [0, 0.05) is 24.3 Å². The van der Waals surface area contributed by atoms with E-state index in [-0.39, 0.29) is 12.6 Å². The van der Waals surface area contributed by atoms with Gasteiger partial charge in [-0.25, -0.2) is 0 Å². The van der Waals surface area contributed by atoms with E-state index in [4.69, 9.17) is 0 Å². The largest absolute Gasteiger partial charge is 0.508 e. The lowest BCUT2D eigenvalue weighted by atomic mass is 9.84. The topological polar surface area (TPSA) is 52.5 Å². The molecule has 1 saturated carbocycles. The Kier molecular flexibility index (Phi) is 4.61. The van der Waals surface area contributed by atoms with Gasteiger partial charge in [0.1, 0.15) is 5.75 Å². The van der Waals surface area contributed by atoms with Crippen molar-refractivity contribution in [2.45, 2.75) is 44.7 Å². The third kappa shape index (κ3) is 3.03. The zero-order valence-corrected chi connectivity index (χ0v) is 11.0. The molecule has 100 valence electrons. The van der Waals surface area contributed by atoms with Gasteiger partial charge in [-0.3, -0.25) is 0 Å². The number of aliphatic hydroxyl groups excluding tert-OH is 1. The van der Waals surface area contributed by atoms with Gasteiger partial charge >= 0.3 is 0 Å². The molecule has 0 saturated heterocycles. The standard InChI is InChI=1S/C15H23NO2/c1-11(13-7-3-5-9-15(13)18)16-14-8-4-2-6-12(14)10-17/h3,5,7,9,11-12,14,16-18H,2,4,6,8,10H2,1H3. The molecule has 2 rings (SSSR count). The molecule has 3 nitrogen and oxygen atoms in total. The molecule has 1 fully saturated rings. The number of benzene rings is 1. The molecule has 0 radical (unpaired) electrons. The molecule has 3 atom stereocenters. The van der Waals surface area contributed by atoms with Crippen molar-refractivity contribution in [2.75, 3.05) is 6.61 Å². The Morgan fingerprint density at radius 3 is 2.72 bits per heavy atom. The lowest BCUT2D eigenvalue weighted by molar-refractivity contribution is 0.147. The summed E-state index contributed by atoms with van der Waals surface area (Å²) in [6.07, 6.45) is 4.65. The van der Waals surface area contributed by atoms with Gasteiger partial charge in [0.25, 0.3) is 0 Å². The Balaban J connectivity index is 2.02. The van der Waals surface area contributed by atoms with Gasteiger partial charge in [0.2, 0.25) is 0 Å². The van der Waals surface area contributed by atoms with Crippen LogP contribution in [0.4, 0.5) is 0 Å². The summed E-state index contributed by atoms with van der Waals surface area (Å²) in [5.74, 6) is 0.695. The van der Waals surface area contributed by atoms with E-state index in [1.165, 1.54) is 12.8 Å². The number of rotatable bonds is 4. The molecule has 0 bridgehead atoms. The predicted octanol–water partition coefficient (Wildman–Crippen LogP) is 2.59. The highest BCUT2D eigenvalue weighted by atomic mass is 16.3. The van der Waals surface area contributed by atoms with Crippen LogP contribution < -0.4 is 5.32 Å². The minimum atomic E-state index is 0.114. The zero-order chi connectivity index (χ0) is 13.0. The first-order chi connectivity index (χ1) is 8.72. The summed E-state index contributed by atoms with van der Waals surface area (Å²) >= 11 is 0. The van der Waals surface area contributed by atoms with Crippen molar-refractivity contribution in [2.24, 2.45) is 5.92 Å². The van der Waals surface area contributed by atoms with Crippen LogP contribution in [-0.4, -0.2) is 22.9 Å². The number of phenols is 1. The second kappa shape index (κ2) is 6.21. The molecule has 0 aromatic heterocycles. The molecule has 18 heavy (non-hydrogen) atoms. The van der Waals surface area contributed by atoms with Gasteiger partial charge in [-0.2, -0.15) is 0 Å². The fourth-order valence-corrected chi connectivity index (χ4v) is 2.91. The first-order valence-corrected chi connectivity index (χ1v) is 6.87. The Morgan fingerprint density at radius 2 is 2.00 bits per heavy atom. The van der Waals surface area contributed by atoms with Crippen LogP contribution in [0.25, 0.3) is 0 Å². The van der Waals surface area contributed by atoms with Crippen molar-refractivity contribution in [1.29, 1.82) is 0 Å². The highest BCUT2D eigenvalue weighted by Crippen LogP contribution is 2.28. The van der Waals surface area contributed by atoms with Gasteiger partial charge in [-0.1, -0.05) is 31.0 Å². The molecule has 3 N–H and O–H groups in total. The first kappa shape index (κ1) is 13.4. The van der Waals surface area contributed by atoms with E-state index in [0.717, 1.165) is 18.4 Å². The summed E-state index contributed by atoms with van der Waals surface area (Å²) in [4.78, 5) is 0. The van der Waals surface area contributed by atoms with Crippen LogP contribution in [0.5, 0.6) is 5.75 Å². The number of aromatic hydroxyl groups is 1. The lowest BCUT2D eigenvalue weighted by Crippen LogP contribution is -2.41. The van der Waals surface area contributed by atoms with Crippen LogP contribution in [0.15, 0.2) is 24.3 Å². The number of phenolic OH excluding ortho intramolecular Hbond substituents is 1. The van der Waals surface area contributed by atoms with E-state index >= 15 is 0 Å². The Hall–Kier alpha value is -1.06. The summed E-state index contributed by atoms with van der Waals surface area (Å²) < 4.78 is 0. The molecule has 0 heterocycles. The van der Waals surface area contributed by atoms with E-state index < -0.39 is 0 Å². The van der Waals surface area contributed by atoms with Gasteiger partial charge in [-0.05, 0) is 31.7 Å². The quantitative estimate of drug-likeness (QED) is 0.769. The maximum atomic E-state index is 9.84. The maximum absolute atomic E-state index is 9.84. The highest BCUT2D eigenvalue weighted by molar-refractivity contribution is 5.34. The van der Waals surface area contributed by atoms with Crippen molar-refractivity contribution in [3.8, 4) is 5.75 Å². The molecule has 1 aromatic rings. The first-order valence-electron chi connectivity index (χ1n) is 6.87. The molecule has 3 unspecified atom stereocenters. The monoisotopic (exact) mass is 249 g/mol. The zero-order valence-electron chi connectivity index (χ0n) is 11.0. The molecule has 0 amide bonds. The molecular formula is C15H23NO2. The van der Waals surface area contributed by atoms with Crippen LogP contribution in [0.1, 0.15) is 44.2 Å². The smallest absolute Gasteiger partial charge is 0.120 e. The normalized spacial score (nSPS) is 25.9. The SMILES string of the molecule is CC(NC1CCCCC1CO)c1ccccc1O. The minimum absolute atomic E-state index is 0.114. The second-order valence-electron chi connectivity index (χ2n) is 5.28. The van der Waals surface area contributed by atoms with E-state index in [0.29, 0.717) is 17.7 Å². The van der Waals surface area contributed by atoms with Crippen LogP contribution >= 0.6 is 0 Å². The van der Waals surface area contributed by atoms with Crippen molar-refractivity contribution in [1.82, 2.24) is 5.32 Å². The average Bonchev–Trinajstić information content (AvgIpc) is 2.39. The molecule has 3 heteroatoms. The predicted molar refractivity (Wildman–Crippen MR) is 72.5 cm³/mol. The summed E-state index contributed by atoms with van der Waals surface area (Å²) in [5.41, 5.74) is 0.930. The number of para-hydroxylation sites is 1. The minimum Gasteiger partial charge on any atom is -0.508 e. The van der Waals surface area contributed by atoms with Crippen LogP contribution in [-0.2, 0) is 0 Å². The molecular weight excluding hydrogens is 226 g/mol. The maximum Gasteiger partial charge on any atom is 0.120 e. The number of hydrogen-bond donors (Lipinski definition) is 3. The van der Waals surface area contributed by atoms with Crippen LogP contribution in [0, 0.1) is 5.92 Å². The van der Waals surface area contributed by atoms with Crippen LogP contribution in [0.2, 0.25) is 0 Å². The third-order valence-corrected chi connectivity index (χ3v) is 4.01. The van der Waals surface area contributed by atoms with Crippen LogP contribution in [0.3, 0.4) is 0 Å². The van der Waals surface area contributed by atoms with Crippen molar-refractivity contribution in [3.63, 3.8) is 0 Å². The number of aliphatic hydroxyl groups is 1. The van der Waals surface area contributed by atoms with E-state index in [1.807, 2.05) is 18.2 Å². The van der Waals surface area contributed by atoms with Gasteiger partial charge < -0.3 is 15.5 Å². The molecule has 1 aliphatic carbocycles. The average molecular weight is 249 g/mol. The fourth-order valence-electron chi connectivity index (χ4n) is 2.91. The number of hydrogen-bond acceptors (Lipinski definition) is 3. The Labute approximate surface area is 109 Å². The second-order valence-corrected chi connectivity index (χ2v) is 5.28.